The van der Waals surface area contributed by atoms with Crippen molar-refractivity contribution in [1.29, 1.82) is 0 Å². The number of amides is 1. The smallest absolute Gasteiger partial charge is 0.410 e. The molecule has 216 valence electrons. The summed E-state index contributed by atoms with van der Waals surface area (Å²) in [5.41, 5.74) is 4.50. The van der Waals surface area contributed by atoms with Crippen LogP contribution in [0.25, 0.3) is 27.7 Å². The lowest BCUT2D eigenvalue weighted by Gasteiger charge is -2.27. The molecule has 0 saturated heterocycles. The van der Waals surface area contributed by atoms with Gasteiger partial charge in [0.25, 0.3) is 11.2 Å². The summed E-state index contributed by atoms with van der Waals surface area (Å²) < 4.78 is 12.5. The van der Waals surface area contributed by atoms with Crippen molar-refractivity contribution in [3.05, 3.63) is 128 Å². The standard InChI is InChI=1S/C33H28N4O6/c1-20(35(2)33(39)43-19-29-26-10-6-4-8-24(26)25-9-5-7-11-27(25)29)31-34-30-17-14-22(37(40)41)18-28(30)32(38)36(31)21-12-15-23(42-3)16-13-21/h4-18,20,29H,19H2,1-3H3/t20-/m0/s1. The third kappa shape index (κ3) is 4.86. The monoisotopic (exact) mass is 576 g/mol. The Morgan fingerprint density at radius 2 is 1.63 bits per heavy atom. The van der Waals surface area contributed by atoms with E-state index < -0.39 is 22.6 Å². The first-order valence-electron chi connectivity index (χ1n) is 13.7. The molecule has 1 atom stereocenters. The highest BCUT2D eigenvalue weighted by atomic mass is 16.6. The van der Waals surface area contributed by atoms with Crippen molar-refractivity contribution in [2.75, 3.05) is 20.8 Å². The molecule has 0 aliphatic heterocycles. The largest absolute Gasteiger partial charge is 0.497 e. The van der Waals surface area contributed by atoms with Crippen LogP contribution >= 0.6 is 0 Å². The molecule has 1 aliphatic carbocycles. The fourth-order valence-corrected chi connectivity index (χ4v) is 5.59. The van der Waals surface area contributed by atoms with Crippen LogP contribution in [0.3, 0.4) is 0 Å². The first kappa shape index (κ1) is 27.6. The summed E-state index contributed by atoms with van der Waals surface area (Å²) in [6.07, 6.45) is -0.575. The third-order valence-electron chi connectivity index (χ3n) is 8.00. The molecule has 1 heterocycles. The van der Waals surface area contributed by atoms with Gasteiger partial charge >= 0.3 is 6.09 Å². The van der Waals surface area contributed by atoms with E-state index in [4.69, 9.17) is 14.5 Å². The number of fused-ring (bicyclic) bond motifs is 4. The van der Waals surface area contributed by atoms with Crippen molar-refractivity contribution in [3.8, 4) is 22.6 Å². The van der Waals surface area contributed by atoms with Crippen LogP contribution in [0.15, 0.2) is 95.8 Å². The third-order valence-corrected chi connectivity index (χ3v) is 8.00. The number of nitro benzene ring substituents is 1. The van der Waals surface area contributed by atoms with Crippen molar-refractivity contribution < 1.29 is 19.2 Å². The van der Waals surface area contributed by atoms with Crippen molar-refractivity contribution >= 4 is 22.7 Å². The van der Waals surface area contributed by atoms with Gasteiger partial charge in [0.1, 0.15) is 18.2 Å². The molecule has 10 nitrogen and oxygen atoms in total. The maximum absolute atomic E-state index is 13.8. The molecule has 0 unspecified atom stereocenters. The Labute approximate surface area is 246 Å². The van der Waals surface area contributed by atoms with Crippen LogP contribution in [0.1, 0.15) is 35.8 Å². The summed E-state index contributed by atoms with van der Waals surface area (Å²) in [7, 11) is 3.13. The minimum atomic E-state index is -0.704. The Morgan fingerprint density at radius 1 is 1.00 bits per heavy atom. The molecule has 6 rings (SSSR count). The Kier molecular flexibility index (Phi) is 7.11. The van der Waals surface area contributed by atoms with E-state index in [1.165, 1.54) is 34.8 Å². The first-order valence-corrected chi connectivity index (χ1v) is 13.7. The Balaban J connectivity index is 1.33. The molecule has 1 aromatic heterocycles. The lowest BCUT2D eigenvalue weighted by Crippen LogP contribution is -2.35. The predicted molar refractivity (Wildman–Crippen MR) is 162 cm³/mol. The fourth-order valence-electron chi connectivity index (χ4n) is 5.59. The number of hydrogen-bond donors (Lipinski definition) is 0. The van der Waals surface area contributed by atoms with Gasteiger partial charge in [0.2, 0.25) is 0 Å². The zero-order valence-electron chi connectivity index (χ0n) is 23.8. The zero-order valence-corrected chi connectivity index (χ0v) is 23.8. The molecule has 0 bridgehead atoms. The number of aromatic nitrogens is 2. The lowest BCUT2D eigenvalue weighted by atomic mass is 9.98. The molecular formula is C33H28N4O6. The predicted octanol–water partition coefficient (Wildman–Crippen LogP) is 6.24. The number of hydrogen-bond acceptors (Lipinski definition) is 7. The van der Waals surface area contributed by atoms with Crippen LogP contribution < -0.4 is 10.3 Å². The molecule has 43 heavy (non-hydrogen) atoms. The van der Waals surface area contributed by atoms with Gasteiger partial charge in [-0.3, -0.25) is 19.5 Å². The molecule has 4 aromatic carbocycles. The number of non-ortho nitro benzene ring substituents is 1. The number of ether oxygens (including phenoxy) is 2. The van der Waals surface area contributed by atoms with Gasteiger partial charge in [-0.05, 0) is 59.5 Å². The minimum Gasteiger partial charge on any atom is -0.497 e. The van der Waals surface area contributed by atoms with Gasteiger partial charge in [-0.2, -0.15) is 0 Å². The van der Waals surface area contributed by atoms with E-state index in [0.717, 1.165) is 22.3 Å². The summed E-state index contributed by atoms with van der Waals surface area (Å²) in [6.45, 7) is 1.89. The first-order chi connectivity index (χ1) is 20.8. The molecular weight excluding hydrogens is 548 g/mol. The van der Waals surface area contributed by atoms with Crippen molar-refractivity contribution in [2.24, 2.45) is 0 Å². The summed E-state index contributed by atoms with van der Waals surface area (Å²) in [5.74, 6) is 0.756. The maximum atomic E-state index is 13.8. The highest BCUT2D eigenvalue weighted by Gasteiger charge is 2.31. The number of nitro groups is 1. The van der Waals surface area contributed by atoms with Gasteiger partial charge in [-0.25, -0.2) is 9.78 Å². The quantitative estimate of drug-likeness (QED) is 0.166. The minimum absolute atomic E-state index is 0.0877. The van der Waals surface area contributed by atoms with Gasteiger partial charge in [0.05, 0.1) is 34.7 Å². The molecule has 0 fully saturated rings. The molecule has 1 amide bonds. The number of methoxy groups -OCH3 is 1. The van der Waals surface area contributed by atoms with Crippen LogP contribution in [-0.4, -0.2) is 46.2 Å². The van der Waals surface area contributed by atoms with Gasteiger partial charge < -0.3 is 14.4 Å². The highest BCUT2D eigenvalue weighted by Crippen LogP contribution is 2.44. The number of rotatable bonds is 7. The van der Waals surface area contributed by atoms with Crippen LogP contribution in [0.4, 0.5) is 10.5 Å². The van der Waals surface area contributed by atoms with Crippen molar-refractivity contribution in [1.82, 2.24) is 14.5 Å². The zero-order chi connectivity index (χ0) is 30.2. The average molecular weight is 577 g/mol. The summed E-state index contributed by atoms with van der Waals surface area (Å²) in [5, 5.41) is 11.5. The molecule has 0 N–H and O–H groups in total. The summed E-state index contributed by atoms with van der Waals surface area (Å²) in [4.78, 5) is 44.2. The van der Waals surface area contributed by atoms with E-state index in [1.807, 2.05) is 24.3 Å². The van der Waals surface area contributed by atoms with Crippen LogP contribution in [-0.2, 0) is 4.74 Å². The van der Waals surface area contributed by atoms with Crippen LogP contribution in [0.2, 0.25) is 0 Å². The normalized spacial score (nSPS) is 12.8. The molecule has 5 aromatic rings. The Hall–Kier alpha value is -5.51. The topological polar surface area (TPSA) is 117 Å². The van der Waals surface area contributed by atoms with E-state index in [1.54, 1.807) is 38.2 Å². The number of benzene rings is 4. The van der Waals surface area contributed by atoms with Gasteiger partial charge in [-0.15, -0.1) is 0 Å². The molecule has 0 spiro atoms. The Bertz CT molecular complexity index is 1890. The second kappa shape index (κ2) is 11.1. The van der Waals surface area contributed by atoms with Crippen molar-refractivity contribution in [3.63, 3.8) is 0 Å². The van der Waals surface area contributed by atoms with E-state index in [2.05, 4.69) is 24.3 Å². The SMILES string of the molecule is COc1ccc(-n2c([C@H](C)N(C)C(=O)OCC3c4ccccc4-c4ccccc43)nc3ccc([N+](=O)[O-])cc3c2=O)cc1. The number of nitrogens with zero attached hydrogens (tertiary/aromatic N) is 4. The second-order valence-corrected chi connectivity index (χ2v) is 10.4. The maximum Gasteiger partial charge on any atom is 0.410 e. The van der Waals surface area contributed by atoms with E-state index in [0.29, 0.717) is 11.4 Å². The van der Waals surface area contributed by atoms with Gasteiger partial charge in [-0.1, -0.05) is 48.5 Å². The summed E-state index contributed by atoms with van der Waals surface area (Å²) >= 11 is 0. The lowest BCUT2D eigenvalue weighted by molar-refractivity contribution is -0.384. The molecule has 10 heteroatoms. The summed E-state index contributed by atoms with van der Waals surface area (Å²) in [6, 6.07) is 26.2. The number of carbonyl (C=O) groups excluding carboxylic acids is 1. The Morgan fingerprint density at radius 3 is 2.23 bits per heavy atom. The van der Waals surface area contributed by atoms with E-state index in [-0.39, 0.29) is 34.9 Å². The van der Waals surface area contributed by atoms with E-state index in [9.17, 15) is 19.7 Å². The van der Waals surface area contributed by atoms with Gasteiger partial charge in [0.15, 0.2) is 0 Å². The van der Waals surface area contributed by atoms with Crippen LogP contribution in [0, 0.1) is 10.1 Å². The van der Waals surface area contributed by atoms with E-state index >= 15 is 0 Å². The molecule has 1 aliphatic rings. The average Bonchev–Trinajstić information content (AvgIpc) is 3.36. The fraction of sp³-hybridized carbons (Fsp3) is 0.182. The highest BCUT2D eigenvalue weighted by molar-refractivity contribution is 5.81. The van der Waals surface area contributed by atoms with Crippen LogP contribution in [0.5, 0.6) is 5.75 Å². The van der Waals surface area contributed by atoms with Gasteiger partial charge in [0, 0.05) is 25.1 Å². The molecule has 0 radical (unpaired) electrons. The number of carbonyl (C=O) groups is 1. The van der Waals surface area contributed by atoms with Crippen molar-refractivity contribution in [2.45, 2.75) is 18.9 Å². The molecule has 0 saturated carbocycles. The second-order valence-electron chi connectivity index (χ2n) is 10.4.